The topological polar surface area (TPSA) is 23.6 Å². The zero-order valence-electron chi connectivity index (χ0n) is 15.7. The molecule has 3 rings (SSSR count). The fourth-order valence-electron chi connectivity index (χ4n) is 5.21. The molecule has 23 heavy (non-hydrogen) atoms. The summed E-state index contributed by atoms with van der Waals surface area (Å²) in [4.78, 5) is 17.4. The zero-order valence-corrected chi connectivity index (χ0v) is 15.7. The van der Waals surface area contributed by atoms with Gasteiger partial charge in [0.15, 0.2) is 0 Å². The molecule has 0 N–H and O–H groups in total. The summed E-state index contributed by atoms with van der Waals surface area (Å²) < 4.78 is 0. The molecule has 0 aromatic carbocycles. The first-order valence-corrected chi connectivity index (χ1v) is 9.91. The van der Waals surface area contributed by atoms with Crippen LogP contribution in [0.1, 0.15) is 72.6 Å². The third-order valence-corrected chi connectivity index (χ3v) is 6.52. The van der Waals surface area contributed by atoms with Gasteiger partial charge in [-0.3, -0.25) is 9.69 Å². The number of fused-ring (bicyclic) bond motifs is 1. The predicted octanol–water partition coefficient (Wildman–Crippen LogP) is 3.92. The van der Waals surface area contributed by atoms with Gasteiger partial charge in [-0.05, 0) is 50.9 Å². The number of hydrogen-bond donors (Lipinski definition) is 0. The molecule has 2 heterocycles. The number of carbonyl (C=O) groups is 1. The lowest BCUT2D eigenvalue weighted by atomic mass is 9.84. The number of likely N-dealkylation sites (tertiary alicyclic amines) is 2. The Morgan fingerprint density at radius 1 is 1.04 bits per heavy atom. The summed E-state index contributed by atoms with van der Waals surface area (Å²) in [7, 11) is 0. The summed E-state index contributed by atoms with van der Waals surface area (Å²) in [5.41, 5.74) is -0.231. The van der Waals surface area contributed by atoms with Crippen LogP contribution in [0.5, 0.6) is 0 Å². The van der Waals surface area contributed by atoms with Crippen LogP contribution in [0.4, 0.5) is 0 Å². The highest BCUT2D eigenvalue weighted by Gasteiger charge is 2.41. The summed E-state index contributed by atoms with van der Waals surface area (Å²) in [6, 6.07) is 1.64. The second-order valence-electron chi connectivity index (χ2n) is 9.38. The summed E-state index contributed by atoms with van der Waals surface area (Å²) in [5, 5.41) is 0. The molecule has 1 saturated carbocycles. The fourth-order valence-corrected chi connectivity index (χ4v) is 5.21. The Morgan fingerprint density at radius 2 is 1.70 bits per heavy atom. The molecule has 0 unspecified atom stereocenters. The predicted molar refractivity (Wildman–Crippen MR) is 95.3 cm³/mol. The largest absolute Gasteiger partial charge is 0.342 e. The van der Waals surface area contributed by atoms with E-state index < -0.39 is 0 Å². The van der Waals surface area contributed by atoms with Crippen LogP contribution in [0.15, 0.2) is 0 Å². The van der Waals surface area contributed by atoms with Gasteiger partial charge in [0.2, 0.25) is 5.91 Å². The van der Waals surface area contributed by atoms with Crippen LogP contribution >= 0.6 is 0 Å². The van der Waals surface area contributed by atoms with E-state index in [1.54, 1.807) is 0 Å². The lowest BCUT2D eigenvalue weighted by Gasteiger charge is -2.40. The number of rotatable bonds is 2. The van der Waals surface area contributed by atoms with Crippen LogP contribution < -0.4 is 0 Å². The standard InChI is InChI=1S/C20H36N2O/c1-15-13-17-7-5-6-8-18(17)22(15)14-16-9-11-21(12-10-16)19(23)20(2,3)4/h15-18H,5-14H2,1-4H3/t15-,17-,18-/m1/s1. The van der Waals surface area contributed by atoms with Crippen molar-refractivity contribution in [2.75, 3.05) is 19.6 Å². The maximum Gasteiger partial charge on any atom is 0.227 e. The molecule has 0 spiro atoms. The van der Waals surface area contributed by atoms with Crippen molar-refractivity contribution in [3.8, 4) is 0 Å². The lowest BCUT2D eigenvalue weighted by molar-refractivity contribution is -0.141. The molecule has 1 aliphatic carbocycles. The van der Waals surface area contributed by atoms with E-state index in [1.165, 1.54) is 51.5 Å². The third kappa shape index (κ3) is 3.75. The molecule has 132 valence electrons. The first-order chi connectivity index (χ1) is 10.9. The molecule has 3 atom stereocenters. The van der Waals surface area contributed by atoms with Crippen LogP contribution in [0.3, 0.4) is 0 Å². The Kier molecular flexibility index (Phi) is 5.06. The lowest BCUT2D eigenvalue weighted by Crippen LogP contribution is -2.47. The highest BCUT2D eigenvalue weighted by atomic mass is 16.2. The zero-order chi connectivity index (χ0) is 16.6. The molecule has 0 bridgehead atoms. The molecule has 3 nitrogen and oxygen atoms in total. The maximum atomic E-state index is 12.4. The van der Waals surface area contributed by atoms with E-state index in [0.29, 0.717) is 5.91 Å². The number of amides is 1. The van der Waals surface area contributed by atoms with Crippen LogP contribution in [-0.4, -0.2) is 47.4 Å². The van der Waals surface area contributed by atoms with Crippen LogP contribution in [0.25, 0.3) is 0 Å². The maximum absolute atomic E-state index is 12.4. The van der Waals surface area contributed by atoms with E-state index in [0.717, 1.165) is 37.0 Å². The Labute approximate surface area is 142 Å². The van der Waals surface area contributed by atoms with Gasteiger partial charge in [-0.1, -0.05) is 33.6 Å². The van der Waals surface area contributed by atoms with Crippen molar-refractivity contribution in [1.29, 1.82) is 0 Å². The van der Waals surface area contributed by atoms with E-state index in [9.17, 15) is 4.79 Å². The number of piperidine rings is 1. The molecule has 0 aromatic heterocycles. The summed E-state index contributed by atoms with van der Waals surface area (Å²) in [6.07, 6.45) is 9.59. The molecule has 3 fully saturated rings. The minimum atomic E-state index is -0.231. The van der Waals surface area contributed by atoms with Crippen molar-refractivity contribution in [2.24, 2.45) is 17.3 Å². The second kappa shape index (κ2) is 6.74. The average Bonchev–Trinajstić information content (AvgIpc) is 2.82. The fraction of sp³-hybridized carbons (Fsp3) is 0.950. The van der Waals surface area contributed by atoms with E-state index in [2.05, 4.69) is 16.7 Å². The molecule has 2 aliphatic heterocycles. The highest BCUT2D eigenvalue weighted by molar-refractivity contribution is 5.81. The molecule has 3 heteroatoms. The van der Waals surface area contributed by atoms with Crippen molar-refractivity contribution in [1.82, 2.24) is 9.80 Å². The van der Waals surface area contributed by atoms with Gasteiger partial charge >= 0.3 is 0 Å². The van der Waals surface area contributed by atoms with Gasteiger partial charge in [0, 0.05) is 37.1 Å². The molecule has 3 aliphatic rings. The van der Waals surface area contributed by atoms with Gasteiger partial charge < -0.3 is 4.90 Å². The van der Waals surface area contributed by atoms with Crippen LogP contribution in [-0.2, 0) is 4.79 Å². The molecule has 0 aromatic rings. The molecule has 1 amide bonds. The van der Waals surface area contributed by atoms with E-state index in [4.69, 9.17) is 0 Å². The molecular weight excluding hydrogens is 284 g/mol. The Balaban J connectivity index is 1.52. The number of carbonyl (C=O) groups excluding carboxylic acids is 1. The minimum absolute atomic E-state index is 0.231. The monoisotopic (exact) mass is 320 g/mol. The van der Waals surface area contributed by atoms with Crippen molar-refractivity contribution in [3.05, 3.63) is 0 Å². The molecular formula is C20H36N2O. The third-order valence-electron chi connectivity index (χ3n) is 6.52. The van der Waals surface area contributed by atoms with Gasteiger partial charge in [-0.25, -0.2) is 0 Å². The quantitative estimate of drug-likeness (QED) is 0.770. The minimum Gasteiger partial charge on any atom is -0.342 e. The van der Waals surface area contributed by atoms with Gasteiger partial charge in [0.1, 0.15) is 0 Å². The number of hydrogen-bond acceptors (Lipinski definition) is 2. The van der Waals surface area contributed by atoms with Crippen LogP contribution in [0, 0.1) is 17.3 Å². The first-order valence-electron chi connectivity index (χ1n) is 9.91. The van der Waals surface area contributed by atoms with Gasteiger partial charge in [0.05, 0.1) is 0 Å². The molecule has 0 radical (unpaired) electrons. The summed E-state index contributed by atoms with van der Waals surface area (Å²) in [6.45, 7) is 11.8. The molecule has 2 saturated heterocycles. The Hall–Kier alpha value is -0.570. The van der Waals surface area contributed by atoms with Gasteiger partial charge in [0.25, 0.3) is 0 Å². The second-order valence-corrected chi connectivity index (χ2v) is 9.38. The van der Waals surface area contributed by atoms with Crippen molar-refractivity contribution < 1.29 is 4.79 Å². The highest BCUT2D eigenvalue weighted by Crippen LogP contribution is 2.40. The average molecular weight is 321 g/mol. The van der Waals surface area contributed by atoms with Crippen LogP contribution in [0.2, 0.25) is 0 Å². The summed E-state index contributed by atoms with van der Waals surface area (Å²) in [5.74, 6) is 2.10. The Bertz CT molecular complexity index is 420. The van der Waals surface area contributed by atoms with Crippen molar-refractivity contribution in [2.45, 2.75) is 84.7 Å². The van der Waals surface area contributed by atoms with Gasteiger partial charge in [-0.15, -0.1) is 0 Å². The van der Waals surface area contributed by atoms with E-state index in [1.807, 2.05) is 20.8 Å². The van der Waals surface area contributed by atoms with Crippen molar-refractivity contribution in [3.63, 3.8) is 0 Å². The normalized spacial score (nSPS) is 33.7. The number of nitrogens with zero attached hydrogens (tertiary/aromatic N) is 2. The summed E-state index contributed by atoms with van der Waals surface area (Å²) >= 11 is 0. The SMILES string of the molecule is C[C@@H]1C[C@H]2CCCC[C@H]2N1CC1CCN(C(=O)C(C)(C)C)CC1. The van der Waals surface area contributed by atoms with Gasteiger partial charge in [-0.2, -0.15) is 0 Å². The smallest absolute Gasteiger partial charge is 0.227 e. The Morgan fingerprint density at radius 3 is 2.35 bits per heavy atom. The van der Waals surface area contributed by atoms with E-state index in [-0.39, 0.29) is 5.41 Å². The van der Waals surface area contributed by atoms with Crippen molar-refractivity contribution >= 4 is 5.91 Å². The van der Waals surface area contributed by atoms with E-state index >= 15 is 0 Å². The first kappa shape index (κ1) is 17.3.